The molecule has 0 fully saturated rings. The van der Waals surface area contributed by atoms with Gasteiger partial charge in [-0.3, -0.25) is 0 Å². The topological polar surface area (TPSA) is 106 Å². The number of rotatable bonds is 0. The molecule has 0 saturated carbocycles. The zero-order valence-electron chi connectivity index (χ0n) is 4.88. The number of aliphatic hydroxyl groups is 1. The van der Waals surface area contributed by atoms with E-state index in [2.05, 4.69) is 0 Å². The van der Waals surface area contributed by atoms with E-state index in [0.29, 0.717) is 0 Å². The molecule has 0 aliphatic rings. The summed E-state index contributed by atoms with van der Waals surface area (Å²) in [4.78, 5) is 25.6. The third kappa shape index (κ3) is 337. The first kappa shape index (κ1) is 22.5. The number of hydrogen-bond donors (Lipinski definition) is 1. The van der Waals surface area contributed by atoms with Gasteiger partial charge in [-0.2, -0.15) is 7.82 Å². The maximum atomic E-state index is 8.55. The predicted octanol–water partition coefficient (Wildman–Crippen LogP) is -6.21. The molecule has 0 rings (SSSR count). The molecule has 0 aromatic carbocycles. The molecule has 8 heteroatoms. The van der Waals surface area contributed by atoms with E-state index >= 15 is 0 Å². The van der Waals surface area contributed by atoms with Crippen LogP contribution in [0.1, 0.15) is 0 Å². The second-order valence-electron chi connectivity index (χ2n) is 0.447. The first-order valence-electron chi connectivity index (χ1n) is 1.18. The molecule has 0 atom stereocenters. The van der Waals surface area contributed by atoms with Gasteiger partial charge in [0, 0.05) is 7.11 Å². The second kappa shape index (κ2) is 11.9. The average molecular weight is 190 g/mol. The second-order valence-corrected chi connectivity index (χ2v) is 1.34. The van der Waals surface area contributed by atoms with E-state index < -0.39 is 7.82 Å². The minimum absolute atomic E-state index is 0. The largest absolute Gasteiger partial charge is 2.00 e. The average Bonchev–Trinajstić information content (AvgIpc) is 1.36. The predicted molar refractivity (Wildman–Crippen MR) is 15.7 cm³/mol. The van der Waals surface area contributed by atoms with Gasteiger partial charge in [-0.05, 0) is 0 Å². The Bertz CT molecular complexity index is 63.1. The van der Waals surface area contributed by atoms with Crippen molar-refractivity contribution in [1.82, 2.24) is 0 Å². The molecule has 0 saturated heterocycles. The molecule has 0 radical (unpaired) electrons. The molecule has 52 valence electrons. The summed E-state index contributed by atoms with van der Waals surface area (Å²) < 4.78 is 8.55. The van der Waals surface area contributed by atoms with Gasteiger partial charge in [0.2, 0.25) is 0 Å². The normalized spacial score (nSPS) is 7.22. The van der Waals surface area contributed by atoms with Gasteiger partial charge in [-0.1, -0.05) is 0 Å². The zero-order chi connectivity index (χ0) is 6.50. The standard InChI is InChI=1S/CH4O.Fe.Li.H3O4P/c1-2;;;1-5(2,3)4/h2H,1H3;;;(H3,1,2,3,4)/q;+2;+1;/p-3. The minimum atomic E-state index is -5.39. The molecule has 0 unspecified atom stereocenters. The minimum Gasteiger partial charge on any atom is -0.822 e. The molecular formula is CH4FeLiO5P. The van der Waals surface area contributed by atoms with Crippen LogP contribution >= 0.6 is 7.82 Å². The molecule has 9 heavy (non-hydrogen) atoms. The summed E-state index contributed by atoms with van der Waals surface area (Å²) in [6.45, 7) is 0. The van der Waals surface area contributed by atoms with Crippen LogP contribution < -0.4 is 33.5 Å². The van der Waals surface area contributed by atoms with Gasteiger partial charge in [-0.25, -0.2) is 0 Å². The van der Waals surface area contributed by atoms with E-state index in [1.54, 1.807) is 0 Å². The zero-order valence-corrected chi connectivity index (χ0v) is 6.88. The maximum absolute atomic E-state index is 8.55. The summed E-state index contributed by atoms with van der Waals surface area (Å²) in [7, 11) is -4.39. The third-order valence-electron chi connectivity index (χ3n) is 0. The van der Waals surface area contributed by atoms with Crippen LogP contribution in [0.3, 0.4) is 0 Å². The van der Waals surface area contributed by atoms with Crippen LogP contribution in [-0.4, -0.2) is 12.2 Å². The Morgan fingerprint density at radius 2 is 1.22 bits per heavy atom. The van der Waals surface area contributed by atoms with Gasteiger partial charge in [0.25, 0.3) is 0 Å². The fourth-order valence-electron chi connectivity index (χ4n) is 0. The van der Waals surface area contributed by atoms with Crippen LogP contribution in [0, 0.1) is 0 Å². The van der Waals surface area contributed by atoms with Crippen LogP contribution in [0.4, 0.5) is 0 Å². The Balaban J connectivity index is -0.0000000286. The van der Waals surface area contributed by atoms with E-state index in [9.17, 15) is 0 Å². The van der Waals surface area contributed by atoms with Crippen LogP contribution in [0.25, 0.3) is 0 Å². The first-order chi connectivity index (χ1) is 3.00. The summed E-state index contributed by atoms with van der Waals surface area (Å²) in [6.07, 6.45) is 0. The molecule has 0 spiro atoms. The molecule has 1 N–H and O–H groups in total. The number of phosphoric acid groups is 1. The van der Waals surface area contributed by atoms with Crippen LogP contribution in [0.5, 0.6) is 0 Å². The Morgan fingerprint density at radius 3 is 1.22 bits per heavy atom. The Morgan fingerprint density at radius 1 is 1.22 bits per heavy atom. The van der Waals surface area contributed by atoms with Crippen molar-refractivity contribution in [3.05, 3.63) is 0 Å². The molecule has 0 aromatic heterocycles. The molecular weight excluding hydrogens is 186 g/mol. The summed E-state index contributed by atoms with van der Waals surface area (Å²) >= 11 is 0. The molecule has 0 heterocycles. The van der Waals surface area contributed by atoms with Crippen LogP contribution in [0.15, 0.2) is 0 Å². The quantitative estimate of drug-likeness (QED) is 0.302. The fourth-order valence-corrected chi connectivity index (χ4v) is 0. The Kier molecular flexibility index (Phi) is 29.8. The van der Waals surface area contributed by atoms with Crippen molar-refractivity contribution in [2.75, 3.05) is 7.11 Å². The van der Waals surface area contributed by atoms with Crippen molar-refractivity contribution < 1.29 is 60.3 Å². The van der Waals surface area contributed by atoms with Gasteiger partial charge in [0.05, 0.1) is 0 Å². The van der Waals surface area contributed by atoms with Crippen molar-refractivity contribution in [3.8, 4) is 0 Å². The number of aliphatic hydroxyl groups excluding tert-OH is 1. The van der Waals surface area contributed by atoms with Gasteiger partial charge in [0.1, 0.15) is 0 Å². The van der Waals surface area contributed by atoms with Crippen molar-refractivity contribution in [2.24, 2.45) is 0 Å². The van der Waals surface area contributed by atoms with Gasteiger partial charge < -0.3 is 24.4 Å². The maximum Gasteiger partial charge on any atom is 2.00 e. The summed E-state index contributed by atoms with van der Waals surface area (Å²) in [5, 5.41) is 7.00. The molecule has 0 amide bonds. The van der Waals surface area contributed by atoms with Crippen LogP contribution in [0.2, 0.25) is 0 Å². The van der Waals surface area contributed by atoms with Crippen molar-refractivity contribution in [2.45, 2.75) is 0 Å². The molecule has 0 bridgehead atoms. The van der Waals surface area contributed by atoms with E-state index in [0.717, 1.165) is 7.11 Å². The third-order valence-corrected chi connectivity index (χ3v) is 0. The first-order valence-corrected chi connectivity index (χ1v) is 2.64. The van der Waals surface area contributed by atoms with Gasteiger partial charge in [0.15, 0.2) is 0 Å². The van der Waals surface area contributed by atoms with Crippen LogP contribution in [-0.2, 0) is 21.6 Å². The summed E-state index contributed by atoms with van der Waals surface area (Å²) in [6, 6.07) is 0. The van der Waals surface area contributed by atoms with E-state index in [-0.39, 0.29) is 35.9 Å². The fraction of sp³-hybridized carbons (Fsp3) is 1.00. The molecule has 0 aliphatic heterocycles. The number of hydrogen-bond acceptors (Lipinski definition) is 5. The van der Waals surface area contributed by atoms with Crippen molar-refractivity contribution >= 4 is 7.82 Å². The molecule has 0 aromatic rings. The van der Waals surface area contributed by atoms with E-state index in [1.165, 1.54) is 0 Å². The van der Waals surface area contributed by atoms with Crippen molar-refractivity contribution in [1.29, 1.82) is 0 Å². The van der Waals surface area contributed by atoms with E-state index in [4.69, 9.17) is 24.4 Å². The summed E-state index contributed by atoms with van der Waals surface area (Å²) in [5.41, 5.74) is 0. The monoisotopic (exact) mass is 190 g/mol. The SMILES string of the molecule is CO.O=P([O-])([O-])[O-].[Fe+2].[Li+]. The Labute approximate surface area is 75.4 Å². The molecule has 5 nitrogen and oxygen atoms in total. The summed E-state index contributed by atoms with van der Waals surface area (Å²) in [5.74, 6) is 0. The van der Waals surface area contributed by atoms with Gasteiger partial charge in [-0.15, -0.1) is 0 Å². The van der Waals surface area contributed by atoms with Gasteiger partial charge >= 0.3 is 35.9 Å². The van der Waals surface area contributed by atoms with E-state index in [1.807, 2.05) is 0 Å². The Hall–Kier alpha value is 1.19. The van der Waals surface area contributed by atoms with Crippen molar-refractivity contribution in [3.63, 3.8) is 0 Å². The molecule has 0 aliphatic carbocycles. The smallest absolute Gasteiger partial charge is 0.822 e.